The molecule has 56 valence electrons. The Labute approximate surface area is 57.0 Å². The lowest BCUT2D eigenvalue weighted by Crippen LogP contribution is -2.44. The molecule has 3 nitrogen and oxygen atoms in total. The van der Waals surface area contributed by atoms with Gasteiger partial charge in [-0.25, -0.2) is 0 Å². The van der Waals surface area contributed by atoms with E-state index >= 15 is 0 Å². The van der Waals surface area contributed by atoms with Gasteiger partial charge in [0.15, 0.2) is 0 Å². The minimum atomic E-state index is 0.444. The zero-order valence-electron chi connectivity index (χ0n) is 6.44. The molecule has 0 rings (SSSR count). The van der Waals surface area contributed by atoms with Crippen molar-refractivity contribution in [1.29, 1.82) is 0 Å². The Kier molecular flexibility index (Phi) is 4.67. The zero-order valence-corrected chi connectivity index (χ0v) is 6.44. The Morgan fingerprint density at radius 3 is 2.22 bits per heavy atom. The smallest absolute Gasteiger partial charge is 0.0431 e. The summed E-state index contributed by atoms with van der Waals surface area (Å²) in [5.41, 5.74) is 5.28. The van der Waals surface area contributed by atoms with Crippen molar-refractivity contribution in [3.8, 4) is 0 Å². The second-order valence-corrected chi connectivity index (χ2v) is 2.27. The number of hydrogen-bond donors (Lipinski definition) is 3. The average Bonchev–Trinajstić information content (AvgIpc) is 1.87. The van der Waals surface area contributed by atoms with E-state index in [1.165, 1.54) is 0 Å². The van der Waals surface area contributed by atoms with E-state index in [-0.39, 0.29) is 0 Å². The molecule has 0 aromatic carbocycles. The SMILES string of the molecule is CNC(C)C(C)NCN. The molecule has 0 aromatic rings. The van der Waals surface area contributed by atoms with Gasteiger partial charge >= 0.3 is 0 Å². The van der Waals surface area contributed by atoms with Crippen molar-refractivity contribution in [2.24, 2.45) is 5.73 Å². The first kappa shape index (κ1) is 8.88. The first-order chi connectivity index (χ1) is 4.22. The lowest BCUT2D eigenvalue weighted by molar-refractivity contribution is 0.437. The van der Waals surface area contributed by atoms with E-state index in [1.54, 1.807) is 0 Å². The second kappa shape index (κ2) is 4.73. The summed E-state index contributed by atoms with van der Waals surface area (Å²) < 4.78 is 0. The second-order valence-electron chi connectivity index (χ2n) is 2.27. The van der Waals surface area contributed by atoms with Gasteiger partial charge in [-0.05, 0) is 20.9 Å². The van der Waals surface area contributed by atoms with Crippen molar-refractivity contribution < 1.29 is 0 Å². The van der Waals surface area contributed by atoms with Crippen LogP contribution in [0.1, 0.15) is 13.8 Å². The first-order valence-corrected chi connectivity index (χ1v) is 3.33. The molecule has 0 aliphatic rings. The first-order valence-electron chi connectivity index (χ1n) is 3.33. The number of nitrogens with two attached hydrogens (primary N) is 1. The van der Waals surface area contributed by atoms with Gasteiger partial charge in [0, 0.05) is 18.8 Å². The number of hydrogen-bond acceptors (Lipinski definition) is 3. The van der Waals surface area contributed by atoms with Gasteiger partial charge in [0.05, 0.1) is 0 Å². The van der Waals surface area contributed by atoms with E-state index in [4.69, 9.17) is 5.73 Å². The van der Waals surface area contributed by atoms with Crippen molar-refractivity contribution in [2.75, 3.05) is 13.7 Å². The van der Waals surface area contributed by atoms with Gasteiger partial charge in [0.25, 0.3) is 0 Å². The van der Waals surface area contributed by atoms with Gasteiger partial charge in [-0.3, -0.25) is 0 Å². The van der Waals surface area contributed by atoms with Gasteiger partial charge in [0.1, 0.15) is 0 Å². The Hall–Kier alpha value is -0.120. The van der Waals surface area contributed by atoms with E-state index in [0.29, 0.717) is 18.8 Å². The molecule has 9 heavy (non-hydrogen) atoms. The summed E-state index contributed by atoms with van der Waals surface area (Å²) in [6.07, 6.45) is 0. The molecular formula is C6H17N3. The summed E-state index contributed by atoms with van der Waals surface area (Å²) in [4.78, 5) is 0. The summed E-state index contributed by atoms with van der Waals surface area (Å²) in [6, 6.07) is 0.925. The van der Waals surface area contributed by atoms with Gasteiger partial charge in [-0.1, -0.05) is 0 Å². The molecular weight excluding hydrogens is 114 g/mol. The summed E-state index contributed by atoms with van der Waals surface area (Å²) in [6.45, 7) is 4.77. The molecule has 0 heterocycles. The maximum atomic E-state index is 5.28. The van der Waals surface area contributed by atoms with E-state index in [1.807, 2.05) is 7.05 Å². The minimum Gasteiger partial charge on any atom is -0.318 e. The van der Waals surface area contributed by atoms with Crippen LogP contribution in [-0.4, -0.2) is 25.8 Å². The molecule has 0 spiro atoms. The fourth-order valence-corrected chi connectivity index (χ4v) is 0.613. The van der Waals surface area contributed by atoms with Crippen LogP contribution < -0.4 is 16.4 Å². The molecule has 0 bridgehead atoms. The molecule has 0 saturated heterocycles. The highest BCUT2D eigenvalue weighted by atomic mass is 15.0. The molecule has 0 radical (unpaired) electrons. The molecule has 2 unspecified atom stereocenters. The predicted molar refractivity (Wildman–Crippen MR) is 40.2 cm³/mol. The molecule has 0 amide bonds. The van der Waals surface area contributed by atoms with Gasteiger partial charge in [-0.15, -0.1) is 0 Å². The fourth-order valence-electron chi connectivity index (χ4n) is 0.613. The maximum absolute atomic E-state index is 5.28. The molecule has 0 aliphatic carbocycles. The van der Waals surface area contributed by atoms with Crippen molar-refractivity contribution in [2.45, 2.75) is 25.9 Å². The highest BCUT2D eigenvalue weighted by Crippen LogP contribution is 1.87. The monoisotopic (exact) mass is 131 g/mol. The summed E-state index contributed by atoms with van der Waals surface area (Å²) in [5.74, 6) is 0. The lowest BCUT2D eigenvalue weighted by atomic mass is 10.2. The van der Waals surface area contributed by atoms with Crippen LogP contribution in [0.4, 0.5) is 0 Å². The van der Waals surface area contributed by atoms with E-state index in [2.05, 4.69) is 24.5 Å². The number of nitrogens with one attached hydrogen (secondary N) is 2. The Morgan fingerprint density at radius 1 is 1.33 bits per heavy atom. The van der Waals surface area contributed by atoms with Gasteiger partial charge < -0.3 is 16.4 Å². The Morgan fingerprint density at radius 2 is 1.89 bits per heavy atom. The number of likely N-dealkylation sites (N-methyl/N-ethyl adjacent to an activating group) is 1. The number of rotatable bonds is 4. The minimum absolute atomic E-state index is 0.444. The summed E-state index contributed by atoms with van der Waals surface area (Å²) >= 11 is 0. The van der Waals surface area contributed by atoms with Crippen LogP contribution in [0.3, 0.4) is 0 Å². The molecule has 3 heteroatoms. The Balaban J connectivity index is 3.32. The van der Waals surface area contributed by atoms with E-state index in [9.17, 15) is 0 Å². The van der Waals surface area contributed by atoms with Crippen LogP contribution in [-0.2, 0) is 0 Å². The third-order valence-corrected chi connectivity index (χ3v) is 1.65. The van der Waals surface area contributed by atoms with Crippen LogP contribution in [0.25, 0.3) is 0 Å². The molecule has 4 N–H and O–H groups in total. The third kappa shape index (κ3) is 3.46. The van der Waals surface area contributed by atoms with Crippen LogP contribution in [0.5, 0.6) is 0 Å². The fraction of sp³-hybridized carbons (Fsp3) is 1.00. The van der Waals surface area contributed by atoms with E-state index < -0.39 is 0 Å². The zero-order chi connectivity index (χ0) is 7.28. The molecule has 0 saturated carbocycles. The summed E-state index contributed by atoms with van der Waals surface area (Å²) in [7, 11) is 1.94. The van der Waals surface area contributed by atoms with Crippen molar-refractivity contribution in [1.82, 2.24) is 10.6 Å². The van der Waals surface area contributed by atoms with Gasteiger partial charge in [-0.2, -0.15) is 0 Å². The maximum Gasteiger partial charge on any atom is 0.0431 e. The van der Waals surface area contributed by atoms with Crippen LogP contribution in [0.2, 0.25) is 0 Å². The Bertz CT molecular complexity index is 65.3. The van der Waals surface area contributed by atoms with Gasteiger partial charge in [0.2, 0.25) is 0 Å². The highest BCUT2D eigenvalue weighted by molar-refractivity contribution is 4.70. The van der Waals surface area contributed by atoms with Crippen molar-refractivity contribution in [3.63, 3.8) is 0 Å². The van der Waals surface area contributed by atoms with Crippen LogP contribution in [0, 0.1) is 0 Å². The topological polar surface area (TPSA) is 50.1 Å². The quantitative estimate of drug-likeness (QED) is 0.450. The van der Waals surface area contributed by atoms with E-state index in [0.717, 1.165) is 0 Å². The van der Waals surface area contributed by atoms with Crippen molar-refractivity contribution in [3.05, 3.63) is 0 Å². The standard InChI is InChI=1S/C6H17N3/c1-5(8-3)6(2)9-4-7/h5-6,8-9H,4,7H2,1-3H3. The highest BCUT2D eigenvalue weighted by Gasteiger charge is 2.06. The molecule has 0 aromatic heterocycles. The van der Waals surface area contributed by atoms with Crippen LogP contribution >= 0.6 is 0 Å². The molecule has 0 fully saturated rings. The largest absolute Gasteiger partial charge is 0.318 e. The summed E-state index contributed by atoms with van der Waals surface area (Å²) in [5, 5.41) is 6.24. The lowest BCUT2D eigenvalue weighted by Gasteiger charge is -2.19. The average molecular weight is 131 g/mol. The molecule has 2 atom stereocenters. The predicted octanol–water partition coefficient (Wildman–Crippen LogP) is -0.511. The van der Waals surface area contributed by atoms with Crippen LogP contribution in [0.15, 0.2) is 0 Å². The normalized spacial score (nSPS) is 17.3. The third-order valence-electron chi connectivity index (χ3n) is 1.65. The molecule has 0 aliphatic heterocycles. The van der Waals surface area contributed by atoms with Crippen molar-refractivity contribution >= 4 is 0 Å².